The first-order valence-corrected chi connectivity index (χ1v) is 6.04. The Morgan fingerprint density at radius 2 is 2.29 bits per heavy atom. The van der Waals surface area contributed by atoms with Gasteiger partial charge in [0.15, 0.2) is 5.78 Å². The van der Waals surface area contributed by atoms with Crippen LogP contribution in [0.25, 0.3) is 11.0 Å². The molecule has 2 aromatic rings. The fraction of sp³-hybridized carbons (Fsp3) is 0.385. The summed E-state index contributed by atoms with van der Waals surface area (Å²) in [6, 6.07) is 1.71. The van der Waals surface area contributed by atoms with Gasteiger partial charge in [-0.05, 0) is 17.9 Å². The highest BCUT2D eigenvalue weighted by molar-refractivity contribution is 6.36. The number of halogens is 1. The zero-order valence-corrected chi connectivity index (χ0v) is 10.5. The molecule has 17 heavy (non-hydrogen) atoms. The third kappa shape index (κ3) is 1.57. The van der Waals surface area contributed by atoms with Gasteiger partial charge in [0.1, 0.15) is 5.65 Å². The number of ketones is 1. The number of H-pyrrole nitrogens is 1. The number of pyridine rings is 1. The molecule has 1 N–H and O–H groups in total. The van der Waals surface area contributed by atoms with E-state index in [0.717, 1.165) is 11.8 Å². The van der Waals surface area contributed by atoms with Crippen LogP contribution in [0, 0.1) is 11.3 Å². The van der Waals surface area contributed by atoms with Crippen molar-refractivity contribution < 1.29 is 4.79 Å². The molecule has 1 fully saturated rings. The van der Waals surface area contributed by atoms with Crippen LogP contribution < -0.4 is 0 Å². The van der Waals surface area contributed by atoms with Crippen LogP contribution in [-0.4, -0.2) is 15.8 Å². The van der Waals surface area contributed by atoms with E-state index in [2.05, 4.69) is 23.8 Å². The summed E-state index contributed by atoms with van der Waals surface area (Å²) in [4.78, 5) is 19.5. The number of nitrogens with zero attached hydrogens (tertiary/aromatic N) is 1. The summed E-state index contributed by atoms with van der Waals surface area (Å²) in [5.74, 6) is 0.300. The molecule has 2 aromatic heterocycles. The Hall–Kier alpha value is -1.35. The van der Waals surface area contributed by atoms with E-state index in [0.29, 0.717) is 16.2 Å². The van der Waals surface area contributed by atoms with Gasteiger partial charge in [0.05, 0.1) is 5.02 Å². The number of carbonyl (C=O) groups excluding carboxylic acids is 1. The highest BCUT2D eigenvalue weighted by Crippen LogP contribution is 2.53. The van der Waals surface area contributed by atoms with Crippen molar-refractivity contribution in [3.05, 3.63) is 29.0 Å². The fourth-order valence-electron chi connectivity index (χ4n) is 2.31. The van der Waals surface area contributed by atoms with E-state index in [9.17, 15) is 4.79 Å². The van der Waals surface area contributed by atoms with Crippen LogP contribution in [0.2, 0.25) is 5.02 Å². The number of hydrogen-bond donors (Lipinski definition) is 1. The second-order valence-electron chi connectivity index (χ2n) is 5.33. The third-order valence-corrected chi connectivity index (χ3v) is 3.93. The largest absolute Gasteiger partial charge is 0.345 e. The smallest absolute Gasteiger partial charge is 0.168 e. The van der Waals surface area contributed by atoms with Crippen molar-refractivity contribution >= 4 is 28.4 Å². The summed E-state index contributed by atoms with van der Waals surface area (Å²) in [5, 5.41) is 1.33. The molecule has 0 aliphatic heterocycles. The van der Waals surface area contributed by atoms with Crippen molar-refractivity contribution in [1.82, 2.24) is 9.97 Å². The van der Waals surface area contributed by atoms with Crippen molar-refractivity contribution in [2.45, 2.75) is 20.3 Å². The van der Waals surface area contributed by atoms with Gasteiger partial charge in [-0.25, -0.2) is 4.98 Å². The zero-order valence-electron chi connectivity index (χ0n) is 9.75. The molecule has 0 aromatic carbocycles. The molecule has 1 unspecified atom stereocenters. The van der Waals surface area contributed by atoms with Crippen molar-refractivity contribution in [2.24, 2.45) is 11.3 Å². The molecular formula is C13H13ClN2O. The average Bonchev–Trinajstić information content (AvgIpc) is 2.75. The van der Waals surface area contributed by atoms with Crippen molar-refractivity contribution in [1.29, 1.82) is 0 Å². The zero-order chi connectivity index (χ0) is 12.2. The van der Waals surface area contributed by atoms with E-state index in [1.807, 2.05) is 0 Å². The average molecular weight is 249 g/mol. The van der Waals surface area contributed by atoms with Crippen LogP contribution in [0.1, 0.15) is 30.6 Å². The maximum absolute atomic E-state index is 12.3. The maximum Gasteiger partial charge on any atom is 0.168 e. The predicted octanol–water partition coefficient (Wildman–Crippen LogP) is 3.45. The molecule has 1 aliphatic carbocycles. The number of aromatic nitrogens is 2. The minimum absolute atomic E-state index is 0.123. The molecule has 3 nitrogen and oxygen atoms in total. The minimum Gasteiger partial charge on any atom is -0.345 e. The summed E-state index contributed by atoms with van der Waals surface area (Å²) >= 11 is 6.13. The lowest BCUT2D eigenvalue weighted by atomic mass is 10.0. The topological polar surface area (TPSA) is 45.8 Å². The normalized spacial score (nSPS) is 21.7. The van der Waals surface area contributed by atoms with Crippen molar-refractivity contribution in [3.8, 4) is 0 Å². The monoisotopic (exact) mass is 248 g/mol. The van der Waals surface area contributed by atoms with Crippen LogP contribution in [0.5, 0.6) is 0 Å². The Morgan fingerprint density at radius 1 is 1.59 bits per heavy atom. The molecule has 0 radical (unpaired) electrons. The van der Waals surface area contributed by atoms with Gasteiger partial charge in [0.2, 0.25) is 0 Å². The van der Waals surface area contributed by atoms with E-state index in [1.54, 1.807) is 18.5 Å². The molecule has 88 valence electrons. The number of nitrogens with one attached hydrogen (secondary N) is 1. The van der Waals surface area contributed by atoms with Gasteiger partial charge in [-0.1, -0.05) is 25.4 Å². The highest BCUT2D eigenvalue weighted by atomic mass is 35.5. The Morgan fingerprint density at radius 3 is 2.94 bits per heavy atom. The first kappa shape index (κ1) is 10.8. The van der Waals surface area contributed by atoms with E-state index in [1.165, 1.54) is 0 Å². The summed E-state index contributed by atoms with van der Waals surface area (Å²) < 4.78 is 0. The number of hydrogen-bond acceptors (Lipinski definition) is 2. The SMILES string of the molecule is CC1(C)CC1C(=O)c1c[nH]c2nccc(Cl)c12. The van der Waals surface area contributed by atoms with Crippen LogP contribution >= 0.6 is 11.6 Å². The Balaban J connectivity index is 2.10. The fourth-order valence-corrected chi connectivity index (χ4v) is 2.56. The summed E-state index contributed by atoms with van der Waals surface area (Å²) in [6.45, 7) is 4.23. The Kier molecular flexibility index (Phi) is 2.11. The maximum atomic E-state index is 12.3. The summed E-state index contributed by atoms with van der Waals surface area (Å²) in [5.41, 5.74) is 1.49. The first-order valence-electron chi connectivity index (χ1n) is 5.66. The molecule has 3 rings (SSSR count). The van der Waals surface area contributed by atoms with E-state index < -0.39 is 0 Å². The second kappa shape index (κ2) is 3.33. The van der Waals surface area contributed by atoms with Gasteiger partial charge >= 0.3 is 0 Å². The molecule has 0 spiro atoms. The Bertz CT molecular complexity index is 615. The van der Waals surface area contributed by atoms with Gasteiger partial charge in [-0.15, -0.1) is 0 Å². The third-order valence-electron chi connectivity index (χ3n) is 3.62. The lowest BCUT2D eigenvalue weighted by molar-refractivity contribution is 0.0955. The number of aromatic amines is 1. The summed E-state index contributed by atoms with van der Waals surface area (Å²) in [7, 11) is 0. The molecule has 1 saturated carbocycles. The van der Waals surface area contributed by atoms with Crippen molar-refractivity contribution in [3.63, 3.8) is 0 Å². The molecule has 4 heteroatoms. The van der Waals surface area contributed by atoms with Crippen LogP contribution in [-0.2, 0) is 0 Å². The van der Waals surface area contributed by atoms with Gasteiger partial charge in [-0.3, -0.25) is 4.79 Å². The van der Waals surface area contributed by atoms with Crippen molar-refractivity contribution in [2.75, 3.05) is 0 Å². The molecule has 0 saturated heterocycles. The van der Waals surface area contributed by atoms with Crippen LogP contribution in [0.15, 0.2) is 18.5 Å². The quantitative estimate of drug-likeness (QED) is 0.828. The number of fused-ring (bicyclic) bond motifs is 1. The minimum atomic E-state index is 0.123. The molecule has 0 amide bonds. The predicted molar refractivity (Wildman–Crippen MR) is 67.3 cm³/mol. The lowest BCUT2D eigenvalue weighted by Gasteiger charge is -2.02. The molecular weight excluding hydrogens is 236 g/mol. The summed E-state index contributed by atoms with van der Waals surface area (Å²) in [6.07, 6.45) is 4.31. The number of rotatable bonds is 2. The van der Waals surface area contributed by atoms with E-state index in [-0.39, 0.29) is 17.1 Å². The van der Waals surface area contributed by atoms with Crippen LogP contribution in [0.4, 0.5) is 0 Å². The number of carbonyl (C=O) groups is 1. The van der Waals surface area contributed by atoms with E-state index >= 15 is 0 Å². The first-order chi connectivity index (χ1) is 8.00. The molecule has 2 heterocycles. The molecule has 1 aliphatic rings. The molecule has 1 atom stereocenters. The standard InChI is InChI=1S/C13H13ClN2O/c1-13(2)5-8(13)11(17)7-6-16-12-10(7)9(14)3-4-15-12/h3-4,6,8H,5H2,1-2H3,(H,15,16). The number of Topliss-reactive ketones (excluding diaryl/α,β-unsaturated/α-hetero) is 1. The van der Waals surface area contributed by atoms with Gasteiger partial charge in [0, 0.05) is 29.3 Å². The molecule has 0 bridgehead atoms. The highest BCUT2D eigenvalue weighted by Gasteiger charge is 2.50. The second-order valence-corrected chi connectivity index (χ2v) is 5.74. The van der Waals surface area contributed by atoms with Gasteiger partial charge < -0.3 is 4.98 Å². The van der Waals surface area contributed by atoms with Crippen LogP contribution in [0.3, 0.4) is 0 Å². The Labute approximate surface area is 104 Å². The van der Waals surface area contributed by atoms with Gasteiger partial charge in [-0.2, -0.15) is 0 Å². The van der Waals surface area contributed by atoms with E-state index in [4.69, 9.17) is 11.6 Å². The lowest BCUT2D eigenvalue weighted by Crippen LogP contribution is -2.05. The van der Waals surface area contributed by atoms with Gasteiger partial charge in [0.25, 0.3) is 0 Å².